The van der Waals surface area contributed by atoms with Crippen molar-refractivity contribution >= 4 is 23.4 Å². The number of carbonyl (C=O) groups is 1. The number of carbonyl (C=O) groups excluding carboxylic acids is 1. The number of ether oxygens (including phenoxy) is 1. The maximum Gasteiger partial charge on any atom is 0.332 e. The van der Waals surface area contributed by atoms with E-state index in [0.717, 1.165) is 0 Å². The summed E-state index contributed by atoms with van der Waals surface area (Å²) < 4.78 is 4.34. The molecule has 1 fully saturated rings. The van der Waals surface area contributed by atoms with Crippen molar-refractivity contribution in [1.29, 1.82) is 0 Å². The van der Waals surface area contributed by atoms with Crippen molar-refractivity contribution in [3.8, 4) is 0 Å². The quantitative estimate of drug-likeness (QED) is 0.340. The van der Waals surface area contributed by atoms with E-state index in [1.165, 1.54) is 0 Å². The fraction of sp³-hybridized carbons (Fsp3) is 0.333. The number of cyclic esters (lactones) is 1. The van der Waals surface area contributed by atoms with Crippen LogP contribution in [0.15, 0.2) is 0 Å². The minimum absolute atomic E-state index is 0.185. The van der Waals surface area contributed by atoms with Gasteiger partial charge in [-0.2, -0.15) is 0 Å². The van der Waals surface area contributed by atoms with Crippen LogP contribution >= 0.6 is 12.2 Å². The topological polar surface area (TPSA) is 38.3 Å². The van der Waals surface area contributed by atoms with Crippen LogP contribution in [0, 0.1) is 0 Å². The normalized spacial score (nSPS) is 18.9. The minimum atomic E-state index is -0.301. The van der Waals surface area contributed by atoms with E-state index in [2.05, 4.69) is 22.3 Å². The van der Waals surface area contributed by atoms with Gasteiger partial charge in [0.2, 0.25) is 0 Å². The summed E-state index contributed by atoms with van der Waals surface area (Å²) in [6.45, 7) is 0.221. The molecule has 1 aliphatic heterocycles. The number of nitrogens with one attached hydrogen (secondary N) is 1. The molecular weight excluding hydrogens is 114 g/mol. The van der Waals surface area contributed by atoms with Crippen molar-refractivity contribution in [2.45, 2.75) is 0 Å². The van der Waals surface area contributed by atoms with Gasteiger partial charge in [-0.25, -0.2) is 4.79 Å². The van der Waals surface area contributed by atoms with E-state index in [1.807, 2.05) is 0 Å². The first-order valence-corrected chi connectivity index (χ1v) is 2.18. The lowest BCUT2D eigenvalue weighted by molar-refractivity contribution is -0.131. The van der Waals surface area contributed by atoms with E-state index in [4.69, 9.17) is 0 Å². The highest BCUT2D eigenvalue weighted by Gasteiger charge is 2.13. The summed E-state index contributed by atoms with van der Waals surface area (Å²) >= 11 is 4.44. The molecule has 1 saturated heterocycles. The summed E-state index contributed by atoms with van der Waals surface area (Å²) in [6.07, 6.45) is 0. The number of esters is 1. The zero-order valence-corrected chi connectivity index (χ0v) is 4.25. The lowest BCUT2D eigenvalue weighted by atomic mass is 10.7. The van der Waals surface area contributed by atoms with Gasteiger partial charge in [0.15, 0.2) is 0 Å². The molecule has 7 heavy (non-hydrogen) atoms. The second-order valence-corrected chi connectivity index (χ2v) is 1.49. The van der Waals surface area contributed by atoms with Gasteiger partial charge in [-0.05, 0) is 12.2 Å². The predicted octanol–water partition coefficient (Wildman–Crippen LogP) is -0.582. The van der Waals surface area contributed by atoms with Gasteiger partial charge < -0.3 is 10.1 Å². The SMILES string of the molecule is O=C1CNC(=S)O1. The molecule has 0 bridgehead atoms. The third-order valence-corrected chi connectivity index (χ3v) is 0.811. The zero-order valence-electron chi connectivity index (χ0n) is 3.43. The van der Waals surface area contributed by atoms with E-state index in [1.54, 1.807) is 0 Å². The Hall–Kier alpha value is -0.640. The number of rotatable bonds is 0. The van der Waals surface area contributed by atoms with Crippen LogP contribution in [0.1, 0.15) is 0 Å². The second kappa shape index (κ2) is 1.46. The summed E-state index contributed by atoms with van der Waals surface area (Å²) in [7, 11) is 0. The first-order chi connectivity index (χ1) is 3.29. The van der Waals surface area contributed by atoms with Crippen molar-refractivity contribution in [3.63, 3.8) is 0 Å². The van der Waals surface area contributed by atoms with Gasteiger partial charge >= 0.3 is 5.97 Å². The minimum Gasteiger partial charge on any atom is -0.398 e. The van der Waals surface area contributed by atoms with Gasteiger partial charge in [-0.3, -0.25) is 0 Å². The molecule has 0 atom stereocenters. The lowest BCUT2D eigenvalue weighted by Gasteiger charge is -1.82. The molecule has 0 aromatic carbocycles. The maximum absolute atomic E-state index is 10.1. The van der Waals surface area contributed by atoms with Gasteiger partial charge in [0.05, 0.1) is 0 Å². The van der Waals surface area contributed by atoms with E-state index in [-0.39, 0.29) is 17.7 Å². The molecule has 0 amide bonds. The zero-order chi connectivity index (χ0) is 5.28. The predicted molar refractivity (Wildman–Crippen MR) is 26.7 cm³/mol. The molecule has 4 heteroatoms. The van der Waals surface area contributed by atoms with Crippen LogP contribution in [-0.2, 0) is 9.53 Å². The molecule has 38 valence electrons. The Balaban J connectivity index is 2.55. The first-order valence-electron chi connectivity index (χ1n) is 1.77. The Bertz CT molecular complexity index is 108. The summed E-state index contributed by atoms with van der Waals surface area (Å²) in [4.78, 5) is 10.1. The Morgan fingerprint density at radius 1 is 1.86 bits per heavy atom. The third kappa shape index (κ3) is 0.866. The second-order valence-electron chi connectivity index (χ2n) is 1.12. The van der Waals surface area contributed by atoms with Crippen LogP contribution in [0.3, 0.4) is 0 Å². The Labute approximate surface area is 45.6 Å². The van der Waals surface area contributed by atoms with E-state index in [0.29, 0.717) is 0 Å². The van der Waals surface area contributed by atoms with Gasteiger partial charge in [-0.15, -0.1) is 0 Å². The number of hydrogen-bond donors (Lipinski definition) is 1. The molecule has 0 aromatic heterocycles. The van der Waals surface area contributed by atoms with Crippen LogP contribution in [0.4, 0.5) is 0 Å². The van der Waals surface area contributed by atoms with Crippen LogP contribution in [-0.4, -0.2) is 17.7 Å². The third-order valence-electron chi connectivity index (χ3n) is 0.584. The summed E-state index contributed by atoms with van der Waals surface area (Å²) in [5, 5.41) is 2.71. The van der Waals surface area contributed by atoms with Crippen LogP contribution in [0.5, 0.6) is 0 Å². The van der Waals surface area contributed by atoms with Gasteiger partial charge in [0.1, 0.15) is 6.54 Å². The molecule has 0 aromatic rings. The number of hydrogen-bond acceptors (Lipinski definition) is 3. The van der Waals surface area contributed by atoms with E-state index < -0.39 is 0 Å². The molecule has 0 saturated carbocycles. The monoisotopic (exact) mass is 117 g/mol. The average molecular weight is 117 g/mol. The van der Waals surface area contributed by atoms with Gasteiger partial charge in [-0.1, -0.05) is 0 Å². The molecular formula is C3H3NO2S. The Kier molecular flexibility index (Phi) is 0.941. The maximum atomic E-state index is 10.1. The highest BCUT2D eigenvalue weighted by atomic mass is 32.1. The van der Waals surface area contributed by atoms with E-state index >= 15 is 0 Å². The van der Waals surface area contributed by atoms with Gasteiger partial charge in [0, 0.05) is 0 Å². The fourth-order valence-corrected chi connectivity index (χ4v) is 0.485. The van der Waals surface area contributed by atoms with Crippen molar-refractivity contribution in [2.24, 2.45) is 0 Å². The van der Waals surface area contributed by atoms with Crippen LogP contribution in [0.25, 0.3) is 0 Å². The fourth-order valence-electron chi connectivity index (χ4n) is 0.320. The highest BCUT2D eigenvalue weighted by molar-refractivity contribution is 7.80. The van der Waals surface area contributed by atoms with Crippen molar-refractivity contribution in [2.75, 3.05) is 6.54 Å². The van der Waals surface area contributed by atoms with Crippen molar-refractivity contribution < 1.29 is 9.53 Å². The molecule has 0 unspecified atom stereocenters. The molecule has 1 aliphatic rings. The molecule has 1 heterocycles. The largest absolute Gasteiger partial charge is 0.398 e. The molecule has 1 rings (SSSR count). The lowest BCUT2D eigenvalue weighted by Crippen LogP contribution is -2.12. The standard InChI is InChI=1S/C3H3NO2S/c5-2-1-4-3(7)6-2/h1H2,(H,4,7). The number of thiocarbonyl (C=S) groups is 1. The van der Waals surface area contributed by atoms with E-state index in [9.17, 15) is 4.79 Å². The van der Waals surface area contributed by atoms with Crippen LogP contribution in [0.2, 0.25) is 0 Å². The average Bonchev–Trinajstić information content (AvgIpc) is 1.87. The molecule has 3 nitrogen and oxygen atoms in total. The summed E-state index contributed by atoms with van der Waals surface area (Å²) in [5.74, 6) is -0.301. The van der Waals surface area contributed by atoms with Gasteiger partial charge in [0.25, 0.3) is 5.17 Å². The highest BCUT2D eigenvalue weighted by Crippen LogP contribution is 1.86. The van der Waals surface area contributed by atoms with Crippen molar-refractivity contribution in [1.82, 2.24) is 5.32 Å². The molecule has 0 aliphatic carbocycles. The molecule has 1 N–H and O–H groups in total. The summed E-state index contributed by atoms with van der Waals surface area (Å²) in [6, 6.07) is 0. The molecule has 0 radical (unpaired) electrons. The Morgan fingerprint density at radius 3 is 2.71 bits per heavy atom. The first kappa shape index (κ1) is 4.52. The van der Waals surface area contributed by atoms with Crippen LogP contribution < -0.4 is 5.32 Å². The summed E-state index contributed by atoms with van der Waals surface area (Å²) in [5.41, 5.74) is 0. The smallest absolute Gasteiger partial charge is 0.332 e. The molecule has 0 spiro atoms. The Morgan fingerprint density at radius 2 is 2.57 bits per heavy atom. The van der Waals surface area contributed by atoms with Crippen molar-refractivity contribution in [3.05, 3.63) is 0 Å².